The summed E-state index contributed by atoms with van der Waals surface area (Å²) in [6.45, 7) is 3.72. The number of hydrogen-bond acceptors (Lipinski definition) is 3. The van der Waals surface area contributed by atoms with Gasteiger partial charge in [-0.1, -0.05) is 12.1 Å². The van der Waals surface area contributed by atoms with E-state index >= 15 is 0 Å². The molecule has 0 radical (unpaired) electrons. The Morgan fingerprint density at radius 1 is 1.18 bits per heavy atom. The van der Waals surface area contributed by atoms with Gasteiger partial charge in [-0.2, -0.15) is 0 Å². The highest BCUT2D eigenvalue weighted by Crippen LogP contribution is 2.42. The zero-order valence-corrected chi connectivity index (χ0v) is 16.5. The molecule has 28 heavy (non-hydrogen) atoms. The minimum absolute atomic E-state index is 0.0464. The van der Waals surface area contributed by atoms with Gasteiger partial charge in [-0.15, -0.1) is 0 Å². The Labute approximate surface area is 166 Å². The minimum Gasteiger partial charge on any atom is -0.355 e. The summed E-state index contributed by atoms with van der Waals surface area (Å²) in [6.07, 6.45) is 6.88. The fraction of sp³-hybridized carbons (Fsp3) is 0.636. The van der Waals surface area contributed by atoms with Crippen molar-refractivity contribution in [3.63, 3.8) is 0 Å². The maximum Gasteiger partial charge on any atom is 0.234 e. The molecule has 2 aliphatic heterocycles. The maximum absolute atomic E-state index is 12.9. The summed E-state index contributed by atoms with van der Waals surface area (Å²) in [6, 6.07) is 6.89. The van der Waals surface area contributed by atoms with Crippen LogP contribution in [0.15, 0.2) is 24.3 Å². The molecule has 152 valence electrons. The summed E-state index contributed by atoms with van der Waals surface area (Å²) in [4.78, 5) is 29.0. The van der Waals surface area contributed by atoms with E-state index in [1.807, 2.05) is 0 Å². The van der Waals surface area contributed by atoms with Crippen molar-refractivity contribution < 1.29 is 14.0 Å². The number of nitrogens with one attached hydrogen (secondary N) is 1. The van der Waals surface area contributed by atoms with E-state index in [1.54, 1.807) is 12.1 Å². The molecule has 1 N–H and O–H groups in total. The van der Waals surface area contributed by atoms with Gasteiger partial charge in [0.15, 0.2) is 0 Å². The van der Waals surface area contributed by atoms with Gasteiger partial charge in [0, 0.05) is 37.5 Å². The molecule has 0 unspecified atom stereocenters. The average Bonchev–Trinajstić information content (AvgIpc) is 3.51. The molecule has 1 spiro atoms. The predicted molar refractivity (Wildman–Crippen MR) is 105 cm³/mol. The molecule has 0 aromatic heterocycles. The van der Waals surface area contributed by atoms with Gasteiger partial charge in [0.05, 0.1) is 6.54 Å². The molecule has 2 heterocycles. The van der Waals surface area contributed by atoms with Crippen molar-refractivity contribution in [1.82, 2.24) is 15.1 Å². The number of nitrogens with zero attached hydrogens (tertiary/aromatic N) is 2. The SMILES string of the molecule is O=C(CN1CCC[C@]2(CCC(=O)N(C3CC3)C2)C1)NCCc1ccc(F)cc1. The number of amides is 2. The second kappa shape index (κ2) is 8.19. The first-order valence-electron chi connectivity index (χ1n) is 10.6. The summed E-state index contributed by atoms with van der Waals surface area (Å²) in [5.74, 6) is 0.130. The normalized spacial score (nSPS) is 25.9. The molecule has 2 amide bonds. The first kappa shape index (κ1) is 19.4. The van der Waals surface area contributed by atoms with E-state index in [-0.39, 0.29) is 17.1 Å². The summed E-state index contributed by atoms with van der Waals surface area (Å²) >= 11 is 0. The third-order valence-corrected chi connectivity index (χ3v) is 6.44. The Morgan fingerprint density at radius 3 is 2.71 bits per heavy atom. The first-order chi connectivity index (χ1) is 13.5. The van der Waals surface area contributed by atoms with E-state index in [1.165, 1.54) is 12.1 Å². The standard InChI is InChI=1S/C22H30FN3O2/c23-18-4-2-17(3-5-18)9-12-24-20(27)14-25-13-1-10-22(15-25)11-8-21(28)26(16-22)19-6-7-19/h2-5,19H,1,6-16H2,(H,24,27)/t22-/m0/s1. The van der Waals surface area contributed by atoms with Crippen LogP contribution < -0.4 is 5.32 Å². The summed E-state index contributed by atoms with van der Waals surface area (Å²) in [5, 5.41) is 2.99. The van der Waals surface area contributed by atoms with Crippen molar-refractivity contribution in [3.05, 3.63) is 35.6 Å². The van der Waals surface area contributed by atoms with Gasteiger partial charge in [0.25, 0.3) is 0 Å². The van der Waals surface area contributed by atoms with Crippen LogP contribution in [0.3, 0.4) is 0 Å². The number of carbonyl (C=O) groups excluding carboxylic acids is 2. The second-order valence-electron chi connectivity index (χ2n) is 8.79. The lowest BCUT2D eigenvalue weighted by Crippen LogP contribution is -2.55. The Bertz CT molecular complexity index is 719. The molecule has 4 rings (SSSR count). The molecular formula is C22H30FN3O2. The molecule has 1 saturated carbocycles. The summed E-state index contributed by atoms with van der Waals surface area (Å²) in [5.41, 5.74) is 1.19. The van der Waals surface area contributed by atoms with E-state index < -0.39 is 0 Å². The zero-order chi connectivity index (χ0) is 19.6. The second-order valence-corrected chi connectivity index (χ2v) is 8.79. The zero-order valence-electron chi connectivity index (χ0n) is 16.5. The van der Waals surface area contributed by atoms with Gasteiger partial charge in [-0.25, -0.2) is 4.39 Å². The number of hydrogen-bond donors (Lipinski definition) is 1. The van der Waals surface area contributed by atoms with Crippen molar-refractivity contribution in [1.29, 1.82) is 0 Å². The van der Waals surface area contributed by atoms with Gasteiger partial charge < -0.3 is 10.2 Å². The Kier molecular flexibility index (Phi) is 5.67. The maximum atomic E-state index is 12.9. The topological polar surface area (TPSA) is 52.7 Å². The van der Waals surface area contributed by atoms with Gasteiger partial charge in [-0.3, -0.25) is 14.5 Å². The van der Waals surface area contributed by atoms with E-state index in [0.29, 0.717) is 37.9 Å². The third kappa shape index (κ3) is 4.72. The number of benzene rings is 1. The smallest absolute Gasteiger partial charge is 0.234 e. The molecule has 3 aliphatic rings. The monoisotopic (exact) mass is 387 g/mol. The van der Waals surface area contributed by atoms with Crippen LogP contribution in [0, 0.1) is 11.2 Å². The third-order valence-electron chi connectivity index (χ3n) is 6.44. The highest BCUT2D eigenvalue weighted by atomic mass is 19.1. The Morgan fingerprint density at radius 2 is 1.96 bits per heavy atom. The molecular weight excluding hydrogens is 357 g/mol. The lowest BCUT2D eigenvalue weighted by atomic mass is 9.73. The molecule has 1 atom stereocenters. The molecule has 1 aromatic rings. The first-order valence-corrected chi connectivity index (χ1v) is 10.6. The number of rotatable bonds is 6. The van der Waals surface area contributed by atoms with Crippen molar-refractivity contribution in [2.45, 2.75) is 51.0 Å². The van der Waals surface area contributed by atoms with E-state index in [2.05, 4.69) is 15.1 Å². The van der Waals surface area contributed by atoms with Crippen molar-refractivity contribution in [2.75, 3.05) is 32.7 Å². The lowest BCUT2D eigenvalue weighted by Gasteiger charge is -2.48. The van der Waals surface area contributed by atoms with E-state index in [0.717, 1.165) is 57.3 Å². The highest BCUT2D eigenvalue weighted by Gasteiger charge is 2.45. The van der Waals surface area contributed by atoms with Crippen LogP contribution in [0.1, 0.15) is 44.1 Å². The largest absolute Gasteiger partial charge is 0.355 e. The molecule has 5 nitrogen and oxygen atoms in total. The van der Waals surface area contributed by atoms with Crippen LogP contribution >= 0.6 is 0 Å². The van der Waals surface area contributed by atoms with E-state index in [9.17, 15) is 14.0 Å². The van der Waals surface area contributed by atoms with Gasteiger partial charge in [-0.05, 0) is 62.8 Å². The fourth-order valence-electron chi connectivity index (χ4n) is 4.80. The van der Waals surface area contributed by atoms with Crippen LogP contribution in [0.2, 0.25) is 0 Å². The molecule has 1 aliphatic carbocycles. The molecule has 6 heteroatoms. The van der Waals surface area contributed by atoms with Crippen LogP contribution in [0.5, 0.6) is 0 Å². The van der Waals surface area contributed by atoms with Crippen molar-refractivity contribution in [3.8, 4) is 0 Å². The molecule has 1 aromatic carbocycles. The summed E-state index contributed by atoms with van der Waals surface area (Å²) in [7, 11) is 0. The van der Waals surface area contributed by atoms with Crippen molar-refractivity contribution >= 4 is 11.8 Å². The average molecular weight is 387 g/mol. The molecule has 3 fully saturated rings. The number of halogens is 1. The van der Waals surface area contributed by atoms with Gasteiger partial charge in [0.2, 0.25) is 11.8 Å². The van der Waals surface area contributed by atoms with Crippen LogP contribution in [-0.4, -0.2) is 60.4 Å². The predicted octanol–water partition coefficient (Wildman–Crippen LogP) is 2.35. The van der Waals surface area contributed by atoms with E-state index in [4.69, 9.17) is 0 Å². The molecule has 0 bridgehead atoms. The number of likely N-dealkylation sites (tertiary alicyclic amines) is 2. The van der Waals surface area contributed by atoms with Gasteiger partial charge >= 0.3 is 0 Å². The van der Waals surface area contributed by atoms with Crippen LogP contribution in [0.4, 0.5) is 4.39 Å². The van der Waals surface area contributed by atoms with Crippen molar-refractivity contribution in [2.24, 2.45) is 5.41 Å². The fourth-order valence-corrected chi connectivity index (χ4v) is 4.80. The van der Waals surface area contributed by atoms with Crippen LogP contribution in [-0.2, 0) is 16.0 Å². The van der Waals surface area contributed by atoms with Gasteiger partial charge in [0.1, 0.15) is 5.82 Å². The Balaban J connectivity index is 1.24. The summed E-state index contributed by atoms with van der Waals surface area (Å²) < 4.78 is 12.9. The number of piperidine rings is 2. The molecule has 2 saturated heterocycles. The minimum atomic E-state index is -0.239. The lowest BCUT2D eigenvalue weighted by molar-refractivity contribution is -0.140. The quantitative estimate of drug-likeness (QED) is 0.815. The van der Waals surface area contributed by atoms with Crippen LogP contribution in [0.25, 0.3) is 0 Å². The Hall–Kier alpha value is -1.95. The number of carbonyl (C=O) groups is 2. The highest BCUT2D eigenvalue weighted by molar-refractivity contribution is 5.78.